The van der Waals surface area contributed by atoms with Crippen molar-refractivity contribution in [1.29, 1.82) is 0 Å². The Morgan fingerprint density at radius 3 is 2.56 bits per heavy atom. The number of carbonyl (C=O) groups is 1. The lowest BCUT2D eigenvalue weighted by Crippen LogP contribution is -2.44. The SMILES string of the molecule is CCNC(=NCC(c1ccccc1)N1CCCC1)NCCCN1CCCC1C(=O)N(C)C. The van der Waals surface area contributed by atoms with Gasteiger partial charge in [0.25, 0.3) is 0 Å². The van der Waals surface area contributed by atoms with Gasteiger partial charge in [-0.15, -0.1) is 0 Å². The van der Waals surface area contributed by atoms with Gasteiger partial charge in [-0.3, -0.25) is 19.6 Å². The highest BCUT2D eigenvalue weighted by atomic mass is 16.2. The Morgan fingerprint density at radius 2 is 1.88 bits per heavy atom. The third kappa shape index (κ3) is 6.94. The Kier molecular flexibility index (Phi) is 9.81. The lowest BCUT2D eigenvalue weighted by Gasteiger charge is -2.27. The predicted octanol–water partition coefficient (Wildman–Crippen LogP) is 2.32. The van der Waals surface area contributed by atoms with E-state index >= 15 is 0 Å². The summed E-state index contributed by atoms with van der Waals surface area (Å²) in [4.78, 5) is 24.0. The molecule has 3 rings (SSSR count). The normalized spacial score (nSPS) is 21.0. The first-order valence-electron chi connectivity index (χ1n) is 12.4. The molecule has 2 fully saturated rings. The van der Waals surface area contributed by atoms with Gasteiger partial charge in [0.15, 0.2) is 5.96 Å². The van der Waals surface area contributed by atoms with Crippen LogP contribution in [0.3, 0.4) is 0 Å². The monoisotopic (exact) mass is 442 g/mol. The van der Waals surface area contributed by atoms with Crippen molar-refractivity contribution in [1.82, 2.24) is 25.3 Å². The van der Waals surface area contributed by atoms with Crippen molar-refractivity contribution in [2.45, 2.75) is 51.1 Å². The molecule has 1 aromatic carbocycles. The van der Waals surface area contributed by atoms with E-state index in [9.17, 15) is 4.79 Å². The van der Waals surface area contributed by atoms with E-state index in [4.69, 9.17) is 4.99 Å². The fourth-order valence-electron chi connectivity index (χ4n) is 4.84. The van der Waals surface area contributed by atoms with E-state index in [-0.39, 0.29) is 11.9 Å². The molecule has 0 radical (unpaired) electrons. The van der Waals surface area contributed by atoms with Gasteiger partial charge in [0.2, 0.25) is 5.91 Å². The predicted molar refractivity (Wildman–Crippen MR) is 132 cm³/mol. The summed E-state index contributed by atoms with van der Waals surface area (Å²) in [6.07, 6.45) is 5.64. The molecule has 32 heavy (non-hydrogen) atoms. The number of likely N-dealkylation sites (tertiary alicyclic amines) is 2. The molecule has 0 bridgehead atoms. The Morgan fingerprint density at radius 1 is 1.12 bits per heavy atom. The summed E-state index contributed by atoms with van der Waals surface area (Å²) < 4.78 is 0. The van der Waals surface area contributed by atoms with Crippen molar-refractivity contribution in [2.75, 3.05) is 59.9 Å². The number of rotatable bonds is 10. The Labute approximate surface area is 194 Å². The van der Waals surface area contributed by atoms with Gasteiger partial charge in [0.05, 0.1) is 18.6 Å². The fraction of sp³-hybridized carbons (Fsp3) is 0.680. The van der Waals surface area contributed by atoms with Gasteiger partial charge >= 0.3 is 0 Å². The number of aliphatic imine (C=N–C) groups is 1. The first kappa shape index (κ1) is 24.5. The van der Waals surface area contributed by atoms with Crippen molar-refractivity contribution < 1.29 is 4.79 Å². The molecule has 2 heterocycles. The quantitative estimate of drug-likeness (QED) is 0.331. The smallest absolute Gasteiger partial charge is 0.239 e. The lowest BCUT2D eigenvalue weighted by atomic mass is 10.1. The van der Waals surface area contributed by atoms with Crippen LogP contribution in [0.1, 0.15) is 50.6 Å². The van der Waals surface area contributed by atoms with Crippen LogP contribution in [0.5, 0.6) is 0 Å². The minimum atomic E-state index is 0.0546. The molecule has 2 saturated heterocycles. The van der Waals surface area contributed by atoms with E-state index in [2.05, 4.69) is 57.7 Å². The molecule has 1 amide bonds. The summed E-state index contributed by atoms with van der Waals surface area (Å²) in [6, 6.07) is 11.2. The largest absolute Gasteiger partial charge is 0.357 e. The van der Waals surface area contributed by atoms with Crippen LogP contribution in [0.2, 0.25) is 0 Å². The van der Waals surface area contributed by atoms with Crippen LogP contribution in [-0.2, 0) is 4.79 Å². The number of amides is 1. The minimum absolute atomic E-state index is 0.0546. The van der Waals surface area contributed by atoms with Crippen LogP contribution in [0.25, 0.3) is 0 Å². The average Bonchev–Trinajstić information content (AvgIpc) is 3.49. The summed E-state index contributed by atoms with van der Waals surface area (Å²) in [7, 11) is 3.70. The zero-order valence-corrected chi connectivity index (χ0v) is 20.2. The van der Waals surface area contributed by atoms with Crippen LogP contribution in [-0.4, -0.2) is 92.5 Å². The second kappa shape index (κ2) is 12.8. The third-order valence-electron chi connectivity index (χ3n) is 6.54. The molecule has 0 saturated carbocycles. The van der Waals surface area contributed by atoms with Gasteiger partial charge in [-0.2, -0.15) is 0 Å². The molecule has 2 aliphatic heterocycles. The average molecular weight is 443 g/mol. The maximum atomic E-state index is 12.4. The van der Waals surface area contributed by atoms with Gasteiger partial charge in [-0.25, -0.2) is 0 Å². The van der Waals surface area contributed by atoms with E-state index in [0.29, 0.717) is 6.04 Å². The highest BCUT2D eigenvalue weighted by Gasteiger charge is 2.31. The van der Waals surface area contributed by atoms with Crippen molar-refractivity contribution in [3.63, 3.8) is 0 Å². The van der Waals surface area contributed by atoms with Gasteiger partial charge < -0.3 is 15.5 Å². The van der Waals surface area contributed by atoms with Crippen molar-refractivity contribution >= 4 is 11.9 Å². The van der Waals surface area contributed by atoms with Crippen molar-refractivity contribution in [3.8, 4) is 0 Å². The Bertz CT molecular complexity index is 716. The summed E-state index contributed by atoms with van der Waals surface area (Å²) in [6.45, 7) is 8.83. The number of benzene rings is 1. The van der Waals surface area contributed by atoms with Crippen LogP contribution in [0, 0.1) is 0 Å². The number of hydrogen-bond acceptors (Lipinski definition) is 4. The molecule has 2 atom stereocenters. The molecular weight excluding hydrogens is 400 g/mol. The molecule has 7 nitrogen and oxygen atoms in total. The number of nitrogens with one attached hydrogen (secondary N) is 2. The highest BCUT2D eigenvalue weighted by molar-refractivity contribution is 5.81. The lowest BCUT2D eigenvalue weighted by molar-refractivity contribution is -0.133. The fourth-order valence-corrected chi connectivity index (χ4v) is 4.84. The molecule has 7 heteroatoms. The van der Waals surface area contributed by atoms with Gasteiger partial charge in [0, 0.05) is 33.7 Å². The molecule has 2 unspecified atom stereocenters. The third-order valence-corrected chi connectivity index (χ3v) is 6.54. The number of likely N-dealkylation sites (N-methyl/N-ethyl adjacent to an activating group) is 1. The standard InChI is InChI=1S/C25H42N6O/c1-4-26-25(27-15-11-19-30-18-10-14-22(30)24(32)29(2)3)28-20-23(31-16-8-9-17-31)21-12-6-5-7-13-21/h5-7,12-13,22-23H,4,8-11,14-20H2,1-3H3,(H2,26,27,28). The molecule has 0 spiro atoms. The summed E-state index contributed by atoms with van der Waals surface area (Å²) in [5.74, 6) is 1.12. The summed E-state index contributed by atoms with van der Waals surface area (Å²) >= 11 is 0. The molecule has 1 aromatic rings. The molecule has 178 valence electrons. The first-order valence-corrected chi connectivity index (χ1v) is 12.4. The van der Waals surface area contributed by atoms with E-state index in [1.54, 1.807) is 4.90 Å². The number of hydrogen-bond donors (Lipinski definition) is 2. The van der Waals surface area contributed by atoms with Crippen LogP contribution >= 0.6 is 0 Å². The number of guanidine groups is 1. The molecule has 2 aliphatic rings. The zero-order chi connectivity index (χ0) is 22.8. The maximum absolute atomic E-state index is 12.4. The van der Waals surface area contributed by atoms with E-state index in [0.717, 1.165) is 71.0 Å². The Hall–Kier alpha value is -2.12. The van der Waals surface area contributed by atoms with Gasteiger partial charge in [0.1, 0.15) is 0 Å². The van der Waals surface area contributed by atoms with Crippen LogP contribution < -0.4 is 10.6 Å². The second-order valence-corrected chi connectivity index (χ2v) is 9.10. The van der Waals surface area contributed by atoms with Crippen LogP contribution in [0.15, 0.2) is 35.3 Å². The topological polar surface area (TPSA) is 63.2 Å². The van der Waals surface area contributed by atoms with Crippen LogP contribution in [0.4, 0.5) is 0 Å². The van der Waals surface area contributed by atoms with Gasteiger partial charge in [-0.05, 0) is 64.2 Å². The number of carbonyl (C=O) groups excluding carboxylic acids is 1. The van der Waals surface area contributed by atoms with E-state index in [1.807, 2.05) is 14.1 Å². The molecule has 2 N–H and O–H groups in total. The summed E-state index contributed by atoms with van der Waals surface area (Å²) in [5.41, 5.74) is 1.35. The highest BCUT2D eigenvalue weighted by Crippen LogP contribution is 2.25. The first-order chi connectivity index (χ1) is 15.6. The van der Waals surface area contributed by atoms with E-state index < -0.39 is 0 Å². The molecule has 0 aromatic heterocycles. The zero-order valence-electron chi connectivity index (χ0n) is 20.2. The number of nitrogens with zero attached hydrogens (tertiary/aromatic N) is 4. The second-order valence-electron chi connectivity index (χ2n) is 9.10. The van der Waals surface area contributed by atoms with Gasteiger partial charge in [-0.1, -0.05) is 30.3 Å². The maximum Gasteiger partial charge on any atom is 0.239 e. The van der Waals surface area contributed by atoms with E-state index in [1.165, 1.54) is 18.4 Å². The molecule has 0 aliphatic carbocycles. The van der Waals surface area contributed by atoms with Crippen molar-refractivity contribution in [2.24, 2.45) is 4.99 Å². The minimum Gasteiger partial charge on any atom is -0.357 e. The van der Waals surface area contributed by atoms with Crippen molar-refractivity contribution in [3.05, 3.63) is 35.9 Å². The molecular formula is C25H42N6O. The Balaban J connectivity index is 1.52. The summed E-state index contributed by atoms with van der Waals surface area (Å²) in [5, 5.41) is 6.90.